The maximum atomic E-state index is 13.7. The molecule has 0 saturated heterocycles. The molecule has 3 N–H and O–H groups in total. The Morgan fingerprint density at radius 2 is 1.85 bits per heavy atom. The van der Waals surface area contributed by atoms with Crippen LogP contribution in [0.5, 0.6) is 0 Å². The molecular weight excluding hydrogens is 434 g/mol. The van der Waals surface area contributed by atoms with E-state index in [1.54, 1.807) is 36.5 Å². The summed E-state index contributed by atoms with van der Waals surface area (Å²) in [6, 6.07) is 11.3. The van der Waals surface area contributed by atoms with Gasteiger partial charge in [-0.15, -0.1) is 0 Å². The maximum absolute atomic E-state index is 13.7. The molecule has 0 aliphatic carbocycles. The molecule has 3 rings (SSSR count). The molecule has 182 valence electrons. The molecule has 3 atom stereocenters. The molecule has 1 aliphatic heterocycles. The summed E-state index contributed by atoms with van der Waals surface area (Å²) in [5.41, 5.74) is 1.38. The smallest absolute Gasteiger partial charge is 0.413 e. The Hall–Kier alpha value is -3.46. The number of benzene rings is 1. The molecule has 3 amide bonds. The summed E-state index contributed by atoms with van der Waals surface area (Å²) >= 11 is 0. The summed E-state index contributed by atoms with van der Waals surface area (Å²) in [6.07, 6.45) is 0.940. The second-order valence-corrected chi connectivity index (χ2v) is 8.50. The van der Waals surface area contributed by atoms with Gasteiger partial charge in [0.05, 0.1) is 6.04 Å². The number of carbonyl (C=O) groups excluding carboxylic acids is 3. The van der Waals surface area contributed by atoms with Crippen LogP contribution in [0.3, 0.4) is 0 Å². The van der Waals surface area contributed by atoms with Crippen molar-refractivity contribution in [2.24, 2.45) is 5.92 Å². The van der Waals surface area contributed by atoms with Crippen molar-refractivity contribution in [1.82, 2.24) is 15.6 Å². The molecule has 0 saturated carbocycles. The van der Waals surface area contributed by atoms with E-state index in [9.17, 15) is 14.4 Å². The Labute approximate surface area is 200 Å². The van der Waals surface area contributed by atoms with Gasteiger partial charge in [0.25, 0.3) is 5.91 Å². The van der Waals surface area contributed by atoms with E-state index in [0.29, 0.717) is 30.9 Å². The van der Waals surface area contributed by atoms with E-state index in [1.165, 1.54) is 4.90 Å². The first-order valence-electron chi connectivity index (χ1n) is 11.7. The molecular formula is C25H33N5O4. The summed E-state index contributed by atoms with van der Waals surface area (Å²) < 4.78 is 5.66. The Morgan fingerprint density at radius 3 is 2.50 bits per heavy atom. The highest BCUT2D eigenvalue weighted by molar-refractivity contribution is 6.01. The minimum atomic E-state index is -0.880. The van der Waals surface area contributed by atoms with Crippen molar-refractivity contribution in [3.63, 3.8) is 0 Å². The van der Waals surface area contributed by atoms with E-state index < -0.39 is 24.4 Å². The number of pyridine rings is 1. The Kier molecular flexibility index (Phi) is 8.59. The molecule has 0 spiro atoms. The highest BCUT2D eigenvalue weighted by Crippen LogP contribution is 2.32. The molecule has 1 aliphatic rings. The van der Waals surface area contributed by atoms with Gasteiger partial charge in [0.15, 0.2) is 6.23 Å². The molecule has 34 heavy (non-hydrogen) atoms. The largest absolute Gasteiger partial charge is 0.424 e. The lowest BCUT2D eigenvalue weighted by molar-refractivity contribution is -0.130. The van der Waals surface area contributed by atoms with Gasteiger partial charge < -0.3 is 15.4 Å². The molecule has 0 radical (unpaired) electrons. The van der Waals surface area contributed by atoms with Crippen LogP contribution in [-0.4, -0.2) is 47.7 Å². The number of anilines is 2. The van der Waals surface area contributed by atoms with Crippen LogP contribution < -0.4 is 20.9 Å². The summed E-state index contributed by atoms with van der Waals surface area (Å²) in [5.74, 6) is -0.369. The minimum Gasteiger partial charge on any atom is -0.424 e. The van der Waals surface area contributed by atoms with Crippen molar-refractivity contribution in [3.05, 3.63) is 54.2 Å². The van der Waals surface area contributed by atoms with Gasteiger partial charge in [0, 0.05) is 23.9 Å². The third kappa shape index (κ3) is 5.91. The minimum absolute atomic E-state index is 0.192. The highest BCUT2D eigenvalue weighted by Gasteiger charge is 2.42. The van der Waals surface area contributed by atoms with Crippen molar-refractivity contribution in [2.45, 2.75) is 58.8 Å². The molecule has 9 heteroatoms. The third-order valence-corrected chi connectivity index (χ3v) is 5.68. The van der Waals surface area contributed by atoms with Crippen molar-refractivity contribution >= 4 is 29.4 Å². The molecule has 1 aromatic carbocycles. The first-order valence-corrected chi connectivity index (χ1v) is 11.7. The zero-order valence-electron chi connectivity index (χ0n) is 20.1. The molecule has 0 bridgehead atoms. The second kappa shape index (κ2) is 11.6. The molecule has 9 nitrogen and oxygen atoms in total. The molecule has 2 heterocycles. The van der Waals surface area contributed by atoms with Crippen molar-refractivity contribution in [1.29, 1.82) is 0 Å². The predicted molar refractivity (Wildman–Crippen MR) is 130 cm³/mol. The van der Waals surface area contributed by atoms with Gasteiger partial charge in [0.1, 0.15) is 11.9 Å². The van der Waals surface area contributed by atoms with Gasteiger partial charge in [-0.3, -0.25) is 19.8 Å². The van der Waals surface area contributed by atoms with Gasteiger partial charge in [0.2, 0.25) is 5.91 Å². The van der Waals surface area contributed by atoms with E-state index in [1.807, 2.05) is 39.8 Å². The number of hydrogen-bond donors (Lipinski definition) is 3. The predicted octanol–water partition coefficient (Wildman–Crippen LogP) is 3.07. The van der Waals surface area contributed by atoms with Gasteiger partial charge in [-0.1, -0.05) is 52.0 Å². The molecule has 2 aromatic rings. The van der Waals surface area contributed by atoms with Crippen LogP contribution in [-0.2, 0) is 20.7 Å². The molecule has 0 fully saturated rings. The second-order valence-electron chi connectivity index (χ2n) is 8.50. The quantitative estimate of drug-likeness (QED) is 0.522. The zero-order chi connectivity index (χ0) is 24.7. The lowest BCUT2D eigenvalue weighted by Gasteiger charge is -2.31. The van der Waals surface area contributed by atoms with E-state index in [-0.39, 0.29) is 17.7 Å². The van der Waals surface area contributed by atoms with Crippen LogP contribution in [0.25, 0.3) is 0 Å². The Morgan fingerprint density at radius 1 is 1.12 bits per heavy atom. The van der Waals surface area contributed by atoms with Crippen LogP contribution in [0.1, 0.15) is 39.7 Å². The topological polar surface area (TPSA) is 113 Å². The number of ether oxygens (including phenoxy) is 1. The SMILES string of the molecule is CCN[C@@H](CC)C(=O)N[C@H](C(=O)N1c2ncccc2C[C@@H]1OC(=O)Nc1ccccc1)C(C)C. The standard InChI is InChI=1S/C25H33N5O4/c1-5-19(26-6-2)23(31)29-21(16(3)4)24(32)30-20(15-17-11-10-14-27-22(17)30)34-25(33)28-18-12-8-7-9-13-18/h7-14,16,19-21,26H,5-6,15H2,1-4H3,(H,28,33)(H,29,31)/t19-,20-,21-/m0/s1. The summed E-state index contributed by atoms with van der Waals surface area (Å²) in [5, 5.41) is 8.71. The van der Waals surface area contributed by atoms with E-state index >= 15 is 0 Å². The highest BCUT2D eigenvalue weighted by atomic mass is 16.6. The third-order valence-electron chi connectivity index (χ3n) is 5.68. The number of amides is 3. The average molecular weight is 468 g/mol. The fraction of sp³-hybridized carbons (Fsp3) is 0.440. The Bertz CT molecular complexity index is 998. The van der Waals surface area contributed by atoms with Crippen LogP contribution in [0.15, 0.2) is 48.7 Å². The van der Waals surface area contributed by atoms with Crippen molar-refractivity contribution < 1.29 is 19.1 Å². The number of aromatic nitrogens is 1. The van der Waals surface area contributed by atoms with E-state index in [2.05, 4.69) is 20.9 Å². The van der Waals surface area contributed by atoms with Gasteiger partial charge in [-0.25, -0.2) is 9.78 Å². The Balaban J connectivity index is 1.81. The summed E-state index contributed by atoms with van der Waals surface area (Å²) in [7, 11) is 0. The van der Waals surface area contributed by atoms with Crippen molar-refractivity contribution in [2.75, 3.05) is 16.8 Å². The fourth-order valence-electron chi connectivity index (χ4n) is 3.94. The maximum Gasteiger partial charge on any atom is 0.413 e. The molecule has 0 unspecified atom stereocenters. The van der Waals surface area contributed by atoms with Gasteiger partial charge in [-0.05, 0) is 37.1 Å². The van der Waals surface area contributed by atoms with E-state index in [0.717, 1.165) is 5.56 Å². The molecule has 1 aromatic heterocycles. The van der Waals surface area contributed by atoms with Crippen LogP contribution in [0.2, 0.25) is 0 Å². The van der Waals surface area contributed by atoms with Crippen LogP contribution in [0, 0.1) is 5.92 Å². The van der Waals surface area contributed by atoms with Crippen LogP contribution in [0.4, 0.5) is 16.3 Å². The average Bonchev–Trinajstić information content (AvgIpc) is 3.18. The van der Waals surface area contributed by atoms with Gasteiger partial charge >= 0.3 is 6.09 Å². The number of nitrogens with zero attached hydrogens (tertiary/aromatic N) is 2. The number of para-hydroxylation sites is 1. The van der Waals surface area contributed by atoms with Crippen molar-refractivity contribution in [3.8, 4) is 0 Å². The first-order chi connectivity index (χ1) is 16.3. The number of rotatable bonds is 9. The summed E-state index contributed by atoms with van der Waals surface area (Å²) in [6.45, 7) is 8.21. The number of nitrogens with one attached hydrogen (secondary N) is 3. The fourth-order valence-corrected chi connectivity index (χ4v) is 3.94. The number of fused-ring (bicyclic) bond motifs is 1. The van der Waals surface area contributed by atoms with Crippen LogP contribution >= 0.6 is 0 Å². The first kappa shape index (κ1) is 25.2. The van der Waals surface area contributed by atoms with E-state index in [4.69, 9.17) is 4.74 Å². The monoisotopic (exact) mass is 467 g/mol. The number of carbonyl (C=O) groups is 3. The zero-order valence-corrected chi connectivity index (χ0v) is 20.1. The lowest BCUT2D eigenvalue weighted by atomic mass is 10.0. The number of hydrogen-bond acceptors (Lipinski definition) is 6. The lowest BCUT2D eigenvalue weighted by Crippen LogP contribution is -2.57. The van der Waals surface area contributed by atoms with Gasteiger partial charge in [-0.2, -0.15) is 0 Å². The number of likely N-dealkylation sites (N-methyl/N-ethyl adjacent to an activating group) is 1. The summed E-state index contributed by atoms with van der Waals surface area (Å²) in [4.78, 5) is 45.0. The normalized spacial score (nSPS) is 16.5.